The Morgan fingerprint density at radius 2 is 2.14 bits per heavy atom. The van der Waals surface area contributed by atoms with Crippen molar-refractivity contribution >= 4 is 5.52 Å². The summed E-state index contributed by atoms with van der Waals surface area (Å²) in [6.07, 6.45) is 5.13. The standard InChI is InChI=1S/C20H24FN5O3/c1-2-27-10-11-28-19-17(21)20(29-14-6-5-8-22-12-14)25-18(24-19)15-13-23-26-9-4-3-7-16(15)26/h3-4,7,9,13-14,22H,2,5-6,8,10-12H2,1H3/t14-/m1/s1. The van der Waals surface area contributed by atoms with Crippen molar-refractivity contribution < 1.29 is 18.6 Å². The molecule has 154 valence electrons. The van der Waals surface area contributed by atoms with Crippen LogP contribution >= 0.6 is 0 Å². The van der Waals surface area contributed by atoms with Gasteiger partial charge in [0, 0.05) is 19.3 Å². The van der Waals surface area contributed by atoms with E-state index in [0.29, 0.717) is 31.1 Å². The zero-order valence-corrected chi connectivity index (χ0v) is 16.3. The van der Waals surface area contributed by atoms with Crippen LogP contribution in [0.3, 0.4) is 0 Å². The van der Waals surface area contributed by atoms with E-state index in [4.69, 9.17) is 14.2 Å². The van der Waals surface area contributed by atoms with E-state index < -0.39 is 5.82 Å². The van der Waals surface area contributed by atoms with Gasteiger partial charge in [-0.25, -0.2) is 4.52 Å². The maximum absolute atomic E-state index is 15.0. The molecular weight excluding hydrogens is 377 g/mol. The summed E-state index contributed by atoms with van der Waals surface area (Å²) in [7, 11) is 0. The van der Waals surface area contributed by atoms with Gasteiger partial charge in [0.05, 0.1) is 23.9 Å². The molecule has 1 fully saturated rings. The highest BCUT2D eigenvalue weighted by atomic mass is 19.1. The third-order valence-electron chi connectivity index (χ3n) is 4.66. The summed E-state index contributed by atoms with van der Waals surface area (Å²) in [6.45, 7) is 4.56. The van der Waals surface area contributed by atoms with Gasteiger partial charge in [0.2, 0.25) is 5.82 Å². The van der Waals surface area contributed by atoms with Crippen molar-refractivity contribution in [3.05, 3.63) is 36.4 Å². The van der Waals surface area contributed by atoms with E-state index in [9.17, 15) is 0 Å². The van der Waals surface area contributed by atoms with Crippen LogP contribution in [0.4, 0.5) is 4.39 Å². The third kappa shape index (κ3) is 4.46. The molecular formula is C20H24FN5O3. The summed E-state index contributed by atoms with van der Waals surface area (Å²) >= 11 is 0. The predicted octanol–water partition coefficient (Wildman–Crippen LogP) is 2.48. The predicted molar refractivity (Wildman–Crippen MR) is 105 cm³/mol. The Hall–Kier alpha value is -2.78. The first-order chi connectivity index (χ1) is 14.3. The second-order valence-electron chi connectivity index (χ2n) is 6.69. The van der Waals surface area contributed by atoms with E-state index in [0.717, 1.165) is 24.9 Å². The van der Waals surface area contributed by atoms with Gasteiger partial charge >= 0.3 is 0 Å². The second-order valence-corrected chi connectivity index (χ2v) is 6.69. The van der Waals surface area contributed by atoms with E-state index in [2.05, 4.69) is 20.4 Å². The number of piperidine rings is 1. The number of fused-ring (bicyclic) bond motifs is 1. The molecule has 4 heterocycles. The molecule has 0 unspecified atom stereocenters. The summed E-state index contributed by atoms with van der Waals surface area (Å²) in [5.74, 6) is -0.654. The Kier molecular flexibility index (Phi) is 6.16. The summed E-state index contributed by atoms with van der Waals surface area (Å²) in [5, 5.41) is 7.56. The maximum Gasteiger partial charge on any atom is 0.258 e. The fraction of sp³-hybridized carbons (Fsp3) is 0.450. The van der Waals surface area contributed by atoms with E-state index in [-0.39, 0.29) is 24.5 Å². The number of pyridine rings is 1. The van der Waals surface area contributed by atoms with Crippen molar-refractivity contribution in [1.82, 2.24) is 24.9 Å². The lowest BCUT2D eigenvalue weighted by atomic mass is 10.1. The topological polar surface area (TPSA) is 82.8 Å². The summed E-state index contributed by atoms with van der Waals surface area (Å²) in [4.78, 5) is 8.67. The molecule has 0 spiro atoms. The van der Waals surface area contributed by atoms with Crippen LogP contribution in [0.25, 0.3) is 16.9 Å². The van der Waals surface area contributed by atoms with E-state index in [1.165, 1.54) is 0 Å². The van der Waals surface area contributed by atoms with Crippen LogP contribution in [0.1, 0.15) is 19.8 Å². The second kappa shape index (κ2) is 9.15. The Balaban J connectivity index is 1.68. The van der Waals surface area contributed by atoms with Gasteiger partial charge in [-0.15, -0.1) is 0 Å². The molecule has 4 rings (SSSR count). The van der Waals surface area contributed by atoms with Gasteiger partial charge in [-0.05, 0) is 38.4 Å². The fourth-order valence-corrected chi connectivity index (χ4v) is 3.23. The highest BCUT2D eigenvalue weighted by Gasteiger charge is 2.23. The van der Waals surface area contributed by atoms with Crippen molar-refractivity contribution in [1.29, 1.82) is 0 Å². The largest absolute Gasteiger partial charge is 0.473 e. The zero-order valence-electron chi connectivity index (χ0n) is 16.3. The van der Waals surface area contributed by atoms with Crippen molar-refractivity contribution in [3.63, 3.8) is 0 Å². The normalized spacial score (nSPS) is 16.8. The fourth-order valence-electron chi connectivity index (χ4n) is 3.23. The Morgan fingerprint density at radius 1 is 1.24 bits per heavy atom. The quantitative estimate of drug-likeness (QED) is 0.581. The van der Waals surface area contributed by atoms with Crippen LogP contribution in [0.2, 0.25) is 0 Å². The average Bonchev–Trinajstić information content (AvgIpc) is 3.18. The number of ether oxygens (including phenoxy) is 3. The molecule has 8 nitrogen and oxygen atoms in total. The van der Waals surface area contributed by atoms with Crippen LogP contribution in [0.15, 0.2) is 30.6 Å². The summed E-state index contributed by atoms with van der Waals surface area (Å²) in [5.41, 5.74) is 1.48. The van der Waals surface area contributed by atoms with Gasteiger partial charge in [-0.2, -0.15) is 19.5 Å². The van der Waals surface area contributed by atoms with E-state index >= 15 is 4.39 Å². The SMILES string of the molecule is CCOCCOc1nc(-c2cnn3ccccc23)nc(O[C@@H]2CCCNC2)c1F. The Morgan fingerprint density at radius 3 is 2.97 bits per heavy atom. The number of hydrogen-bond acceptors (Lipinski definition) is 7. The number of rotatable bonds is 8. The molecule has 0 bridgehead atoms. The van der Waals surface area contributed by atoms with Crippen molar-refractivity contribution in [3.8, 4) is 23.1 Å². The minimum absolute atomic E-state index is 0.106. The van der Waals surface area contributed by atoms with Crippen molar-refractivity contribution in [2.45, 2.75) is 25.9 Å². The van der Waals surface area contributed by atoms with Gasteiger partial charge in [-0.1, -0.05) is 6.07 Å². The number of nitrogens with one attached hydrogen (secondary N) is 1. The van der Waals surface area contributed by atoms with Crippen molar-refractivity contribution in [2.24, 2.45) is 0 Å². The first-order valence-corrected chi connectivity index (χ1v) is 9.84. The molecule has 1 atom stereocenters. The molecule has 3 aromatic rings. The maximum atomic E-state index is 15.0. The Bertz CT molecular complexity index is 958. The van der Waals surface area contributed by atoms with Gasteiger partial charge < -0.3 is 19.5 Å². The van der Waals surface area contributed by atoms with E-state index in [1.807, 2.05) is 31.3 Å². The molecule has 0 radical (unpaired) electrons. The molecule has 0 saturated carbocycles. The highest BCUT2D eigenvalue weighted by Crippen LogP contribution is 2.30. The van der Waals surface area contributed by atoms with Crippen molar-refractivity contribution in [2.75, 3.05) is 32.9 Å². The van der Waals surface area contributed by atoms with Crippen LogP contribution < -0.4 is 14.8 Å². The molecule has 0 aliphatic carbocycles. The molecule has 1 aliphatic rings. The minimum Gasteiger partial charge on any atom is -0.473 e. The van der Waals surface area contributed by atoms with Crippen LogP contribution in [0.5, 0.6) is 11.8 Å². The number of nitrogens with zero attached hydrogens (tertiary/aromatic N) is 4. The smallest absolute Gasteiger partial charge is 0.258 e. The molecule has 1 aliphatic heterocycles. The number of hydrogen-bond donors (Lipinski definition) is 1. The number of aromatic nitrogens is 4. The van der Waals surface area contributed by atoms with Crippen LogP contribution in [-0.2, 0) is 4.74 Å². The lowest BCUT2D eigenvalue weighted by Crippen LogP contribution is -2.37. The highest BCUT2D eigenvalue weighted by molar-refractivity contribution is 5.75. The third-order valence-corrected chi connectivity index (χ3v) is 4.66. The molecule has 9 heteroatoms. The van der Waals surface area contributed by atoms with E-state index in [1.54, 1.807) is 10.7 Å². The monoisotopic (exact) mass is 401 g/mol. The Labute approximate surface area is 168 Å². The van der Waals surface area contributed by atoms with Crippen LogP contribution in [0, 0.1) is 5.82 Å². The van der Waals surface area contributed by atoms with Gasteiger partial charge in [0.1, 0.15) is 12.7 Å². The molecule has 1 saturated heterocycles. The lowest BCUT2D eigenvalue weighted by Gasteiger charge is -2.23. The van der Waals surface area contributed by atoms with Gasteiger partial charge in [0.25, 0.3) is 11.8 Å². The summed E-state index contributed by atoms with van der Waals surface area (Å²) < 4.78 is 33.4. The minimum atomic E-state index is -0.702. The zero-order chi connectivity index (χ0) is 20.1. The number of halogens is 1. The van der Waals surface area contributed by atoms with Crippen LogP contribution in [-0.4, -0.2) is 58.6 Å². The molecule has 29 heavy (non-hydrogen) atoms. The van der Waals surface area contributed by atoms with Gasteiger partial charge in [0.15, 0.2) is 5.82 Å². The molecule has 0 amide bonds. The molecule has 0 aromatic carbocycles. The molecule has 1 N–H and O–H groups in total. The van der Waals surface area contributed by atoms with Gasteiger partial charge in [-0.3, -0.25) is 0 Å². The first-order valence-electron chi connectivity index (χ1n) is 9.84. The molecule has 3 aromatic heterocycles. The lowest BCUT2D eigenvalue weighted by molar-refractivity contribution is 0.104. The average molecular weight is 401 g/mol. The summed E-state index contributed by atoms with van der Waals surface area (Å²) in [6, 6.07) is 5.67. The first kappa shape index (κ1) is 19.5.